The molecule has 0 aliphatic carbocycles. The fraction of sp³-hybridized carbons (Fsp3) is 0.857. The Kier molecular flexibility index (Phi) is 6.26. The molecule has 0 radical (unpaired) electrons. The molecular formula is C7H11F3O3S2. The van der Waals surface area contributed by atoms with Crippen LogP contribution in [0.25, 0.3) is 0 Å². The average Bonchev–Trinajstić information content (AvgIpc) is 2.01. The summed E-state index contributed by atoms with van der Waals surface area (Å²) in [6, 6.07) is 0. The van der Waals surface area contributed by atoms with Crippen molar-refractivity contribution in [2.24, 2.45) is 0 Å². The molecule has 15 heavy (non-hydrogen) atoms. The van der Waals surface area contributed by atoms with Crippen molar-refractivity contribution < 1.29 is 27.3 Å². The fourth-order valence-corrected chi connectivity index (χ4v) is 2.96. The summed E-state index contributed by atoms with van der Waals surface area (Å²) in [7, 11) is -1.74. The van der Waals surface area contributed by atoms with Gasteiger partial charge in [-0.3, -0.25) is 9.00 Å². The summed E-state index contributed by atoms with van der Waals surface area (Å²) in [6.45, 7) is 1.54. The van der Waals surface area contributed by atoms with Gasteiger partial charge in [0, 0.05) is 22.3 Å². The van der Waals surface area contributed by atoms with Crippen LogP contribution in [0.2, 0.25) is 0 Å². The molecule has 0 rings (SSSR count). The van der Waals surface area contributed by atoms with Crippen molar-refractivity contribution in [2.75, 3.05) is 11.5 Å². The van der Waals surface area contributed by atoms with Crippen molar-refractivity contribution in [3.05, 3.63) is 0 Å². The zero-order chi connectivity index (χ0) is 12.1. The molecule has 0 aliphatic heterocycles. The minimum Gasteiger partial charge on any atom is -0.480 e. The van der Waals surface area contributed by atoms with Crippen LogP contribution in [0, 0.1) is 0 Å². The van der Waals surface area contributed by atoms with E-state index in [-0.39, 0.29) is 29.7 Å². The molecule has 0 bridgehead atoms. The predicted octanol–water partition coefficient (Wildman–Crippen LogP) is 1.85. The van der Waals surface area contributed by atoms with Crippen LogP contribution in [0.1, 0.15) is 13.3 Å². The lowest BCUT2D eigenvalue weighted by Crippen LogP contribution is -2.27. The van der Waals surface area contributed by atoms with Gasteiger partial charge in [0.2, 0.25) is 0 Å². The molecule has 0 saturated heterocycles. The number of carboxylic acids is 1. The summed E-state index contributed by atoms with van der Waals surface area (Å²) in [5.41, 5.74) is -4.35. The molecule has 0 aromatic heterocycles. The Morgan fingerprint density at radius 2 is 2.07 bits per heavy atom. The first-order chi connectivity index (χ1) is 6.78. The summed E-state index contributed by atoms with van der Waals surface area (Å²) >= 11 is -0.284. The van der Waals surface area contributed by atoms with Crippen LogP contribution < -0.4 is 0 Å². The van der Waals surface area contributed by atoms with Crippen LogP contribution in [0.4, 0.5) is 13.2 Å². The Labute approximate surface area is 91.9 Å². The third kappa shape index (κ3) is 6.77. The summed E-state index contributed by atoms with van der Waals surface area (Å²) in [4.78, 5) is 10.5. The number of rotatable bonds is 6. The van der Waals surface area contributed by atoms with E-state index in [1.165, 1.54) is 6.92 Å². The monoisotopic (exact) mass is 264 g/mol. The molecule has 0 aliphatic rings. The minimum atomic E-state index is -4.35. The highest BCUT2D eigenvalue weighted by Crippen LogP contribution is 2.29. The Bertz CT molecular complexity index is 242. The number of aliphatic carboxylic acids is 1. The highest BCUT2D eigenvalue weighted by atomic mass is 32.2. The van der Waals surface area contributed by atoms with Crippen LogP contribution in [-0.2, 0) is 15.6 Å². The number of hydrogen-bond donors (Lipinski definition) is 1. The van der Waals surface area contributed by atoms with Gasteiger partial charge in [0.05, 0.1) is 0 Å². The second-order valence-corrected chi connectivity index (χ2v) is 5.51. The van der Waals surface area contributed by atoms with Crippen LogP contribution in [0.3, 0.4) is 0 Å². The summed E-state index contributed by atoms with van der Waals surface area (Å²) in [5.74, 6) is -1.86. The van der Waals surface area contributed by atoms with E-state index in [1.54, 1.807) is 0 Å². The smallest absolute Gasteiger partial charge is 0.441 e. The maximum absolute atomic E-state index is 11.7. The molecule has 3 nitrogen and oxygen atoms in total. The van der Waals surface area contributed by atoms with E-state index >= 15 is 0 Å². The Hall–Kier alpha value is -0.240. The molecule has 90 valence electrons. The normalized spacial score (nSPS) is 16.0. The Morgan fingerprint density at radius 1 is 1.53 bits per heavy atom. The van der Waals surface area contributed by atoms with Crippen molar-refractivity contribution in [3.63, 3.8) is 0 Å². The first-order valence-corrected chi connectivity index (χ1v) is 6.45. The number of carbonyl (C=O) groups is 1. The molecule has 0 fully saturated rings. The maximum Gasteiger partial charge on any atom is 0.441 e. The highest BCUT2D eigenvalue weighted by molar-refractivity contribution is 8.01. The van der Waals surface area contributed by atoms with E-state index in [1.807, 2.05) is 0 Å². The molecule has 0 heterocycles. The molecular weight excluding hydrogens is 253 g/mol. The zero-order valence-electron chi connectivity index (χ0n) is 7.91. The number of thioether (sulfide) groups is 1. The van der Waals surface area contributed by atoms with E-state index < -0.39 is 27.5 Å². The largest absolute Gasteiger partial charge is 0.480 e. The molecule has 0 saturated carbocycles. The van der Waals surface area contributed by atoms with Crippen LogP contribution >= 0.6 is 11.8 Å². The molecule has 0 aromatic rings. The Balaban J connectivity index is 3.98. The van der Waals surface area contributed by atoms with Crippen LogP contribution in [-0.4, -0.2) is 37.5 Å². The van der Waals surface area contributed by atoms with Gasteiger partial charge in [-0.1, -0.05) is 18.7 Å². The van der Waals surface area contributed by atoms with Gasteiger partial charge in [-0.25, -0.2) is 0 Å². The van der Waals surface area contributed by atoms with Crippen LogP contribution in [0.15, 0.2) is 0 Å². The van der Waals surface area contributed by atoms with Gasteiger partial charge in [0.25, 0.3) is 0 Å². The second-order valence-electron chi connectivity index (χ2n) is 2.61. The molecule has 1 N–H and O–H groups in total. The summed E-state index contributed by atoms with van der Waals surface area (Å²) < 4.78 is 46.3. The molecule has 2 unspecified atom stereocenters. The van der Waals surface area contributed by atoms with Gasteiger partial charge in [0.1, 0.15) is 5.25 Å². The lowest BCUT2D eigenvalue weighted by Gasteiger charge is -2.10. The lowest BCUT2D eigenvalue weighted by atomic mass is 10.3. The molecule has 2 atom stereocenters. The average molecular weight is 264 g/mol. The number of alkyl halides is 3. The number of halogens is 3. The van der Waals surface area contributed by atoms with E-state index in [0.717, 1.165) is 0 Å². The molecule has 0 amide bonds. The summed E-state index contributed by atoms with van der Waals surface area (Å²) in [6.07, 6.45) is 0.151. The maximum atomic E-state index is 11.7. The van der Waals surface area contributed by atoms with Crippen molar-refractivity contribution in [1.29, 1.82) is 0 Å². The van der Waals surface area contributed by atoms with Crippen molar-refractivity contribution in [2.45, 2.75) is 24.1 Å². The van der Waals surface area contributed by atoms with Crippen molar-refractivity contribution >= 4 is 28.5 Å². The minimum absolute atomic E-state index is 0.151. The molecule has 0 aromatic carbocycles. The lowest BCUT2D eigenvalue weighted by molar-refractivity contribution is -0.136. The van der Waals surface area contributed by atoms with E-state index in [9.17, 15) is 22.2 Å². The first kappa shape index (κ1) is 14.8. The van der Waals surface area contributed by atoms with Gasteiger partial charge >= 0.3 is 11.5 Å². The third-order valence-electron chi connectivity index (χ3n) is 1.51. The molecule has 0 spiro atoms. The van der Waals surface area contributed by atoms with Crippen LogP contribution in [0.5, 0.6) is 0 Å². The zero-order valence-corrected chi connectivity index (χ0v) is 9.55. The predicted molar refractivity (Wildman–Crippen MR) is 53.2 cm³/mol. The second kappa shape index (κ2) is 6.37. The standard InChI is InChI=1S/C7H11F3O3S2/c1-2-5(6(11)12)15(13)4-3-14-7(8,9)10/h5H,2-4H2,1H3,(H,11,12). The Morgan fingerprint density at radius 3 is 2.40 bits per heavy atom. The van der Waals surface area contributed by atoms with E-state index in [2.05, 4.69) is 0 Å². The quantitative estimate of drug-likeness (QED) is 0.795. The highest BCUT2D eigenvalue weighted by Gasteiger charge is 2.29. The van der Waals surface area contributed by atoms with Gasteiger partial charge in [-0.05, 0) is 6.42 Å². The third-order valence-corrected chi connectivity index (χ3v) is 4.28. The van der Waals surface area contributed by atoms with Crippen molar-refractivity contribution in [1.82, 2.24) is 0 Å². The van der Waals surface area contributed by atoms with E-state index in [4.69, 9.17) is 5.11 Å². The van der Waals surface area contributed by atoms with Gasteiger partial charge < -0.3 is 5.11 Å². The van der Waals surface area contributed by atoms with E-state index in [0.29, 0.717) is 0 Å². The van der Waals surface area contributed by atoms with Gasteiger partial charge in [-0.15, -0.1) is 0 Å². The van der Waals surface area contributed by atoms with Crippen molar-refractivity contribution in [3.8, 4) is 0 Å². The topological polar surface area (TPSA) is 54.4 Å². The summed E-state index contributed by atoms with van der Waals surface area (Å²) in [5, 5.41) is 7.51. The first-order valence-electron chi connectivity index (χ1n) is 4.08. The SMILES string of the molecule is CCC(C(=O)O)S(=O)CCSC(F)(F)F. The number of carboxylic acid groups (broad SMARTS) is 1. The number of hydrogen-bond acceptors (Lipinski definition) is 3. The fourth-order valence-electron chi connectivity index (χ4n) is 0.855. The molecule has 8 heteroatoms. The van der Waals surface area contributed by atoms with Gasteiger partial charge in [-0.2, -0.15) is 13.2 Å². The van der Waals surface area contributed by atoms with Gasteiger partial charge in [0.15, 0.2) is 0 Å².